The van der Waals surface area contributed by atoms with Crippen LogP contribution in [-0.2, 0) is 16.1 Å². The summed E-state index contributed by atoms with van der Waals surface area (Å²) in [5.41, 5.74) is 0.949. The van der Waals surface area contributed by atoms with Crippen molar-refractivity contribution < 1.29 is 19.0 Å². The molecule has 1 amide bonds. The minimum atomic E-state index is -0.452. The van der Waals surface area contributed by atoms with Crippen LogP contribution in [0.3, 0.4) is 0 Å². The van der Waals surface area contributed by atoms with Gasteiger partial charge in [-0.15, -0.1) is 0 Å². The van der Waals surface area contributed by atoms with E-state index in [1.165, 1.54) is 0 Å². The van der Waals surface area contributed by atoms with E-state index in [1.807, 2.05) is 25.1 Å². The summed E-state index contributed by atoms with van der Waals surface area (Å²) in [6, 6.07) is 5.63. The Morgan fingerprint density at radius 3 is 2.55 bits per heavy atom. The molecule has 5 nitrogen and oxygen atoms in total. The highest BCUT2D eigenvalue weighted by molar-refractivity contribution is 5.80. The van der Waals surface area contributed by atoms with E-state index in [0.29, 0.717) is 37.2 Å². The van der Waals surface area contributed by atoms with Crippen LogP contribution in [0.5, 0.6) is 11.5 Å². The average molecular weight is 309 g/mol. The molecule has 0 heterocycles. The molecule has 0 aliphatic heterocycles. The molecule has 0 bridgehead atoms. The fourth-order valence-corrected chi connectivity index (χ4v) is 1.84. The monoisotopic (exact) mass is 309 g/mol. The fraction of sp³-hybridized carbons (Fsp3) is 0.588. The predicted molar refractivity (Wildman–Crippen MR) is 86.3 cm³/mol. The molecule has 0 fully saturated rings. The van der Waals surface area contributed by atoms with E-state index >= 15 is 0 Å². The zero-order chi connectivity index (χ0) is 16.5. The molecule has 1 aromatic rings. The first-order chi connectivity index (χ1) is 10.5. The number of hydrogen-bond donors (Lipinski definition) is 1. The Labute approximate surface area is 132 Å². The molecule has 0 saturated carbocycles. The van der Waals surface area contributed by atoms with Crippen molar-refractivity contribution in [3.05, 3.63) is 23.8 Å². The lowest BCUT2D eigenvalue weighted by Gasteiger charge is -2.15. The van der Waals surface area contributed by atoms with E-state index in [4.69, 9.17) is 14.2 Å². The Bertz CT molecular complexity index is 474. The maximum atomic E-state index is 12.0. The van der Waals surface area contributed by atoms with Gasteiger partial charge in [-0.2, -0.15) is 0 Å². The number of benzene rings is 1. The van der Waals surface area contributed by atoms with E-state index < -0.39 is 6.10 Å². The molecule has 0 spiro atoms. The number of carbonyl (C=O) groups is 1. The standard InChI is InChI=1S/C17H27NO4/c1-6-21-15-8-7-14(9-16(15)20-5)10-18-17(19)13(4)22-11-12(2)3/h7-9,12-13H,6,10-11H2,1-5H3,(H,18,19)/t13-/m0/s1. The van der Waals surface area contributed by atoms with Crippen molar-refractivity contribution in [1.82, 2.24) is 5.32 Å². The molecule has 5 heteroatoms. The molecule has 0 aliphatic rings. The third-order valence-electron chi connectivity index (χ3n) is 3.04. The molecule has 1 aromatic carbocycles. The molecule has 0 aromatic heterocycles. The Balaban J connectivity index is 2.55. The van der Waals surface area contributed by atoms with Gasteiger partial charge in [0, 0.05) is 13.2 Å². The molecule has 0 aliphatic carbocycles. The zero-order valence-electron chi connectivity index (χ0n) is 14.1. The Kier molecular flexibility index (Phi) is 7.74. The number of carbonyl (C=O) groups excluding carboxylic acids is 1. The van der Waals surface area contributed by atoms with E-state index in [2.05, 4.69) is 19.2 Å². The van der Waals surface area contributed by atoms with Gasteiger partial charge in [0.05, 0.1) is 13.7 Å². The number of hydrogen-bond acceptors (Lipinski definition) is 4. The van der Waals surface area contributed by atoms with Crippen LogP contribution in [0, 0.1) is 5.92 Å². The Hall–Kier alpha value is -1.75. The minimum Gasteiger partial charge on any atom is -0.493 e. The van der Waals surface area contributed by atoms with Gasteiger partial charge >= 0.3 is 0 Å². The molecule has 0 saturated heterocycles. The van der Waals surface area contributed by atoms with Crippen molar-refractivity contribution in [2.24, 2.45) is 5.92 Å². The molecule has 22 heavy (non-hydrogen) atoms. The van der Waals surface area contributed by atoms with Gasteiger partial charge in [0.1, 0.15) is 6.10 Å². The largest absolute Gasteiger partial charge is 0.493 e. The SMILES string of the molecule is CCOc1ccc(CNC(=O)[C@H](C)OCC(C)C)cc1OC. The number of nitrogens with one attached hydrogen (secondary N) is 1. The van der Waals surface area contributed by atoms with E-state index in [0.717, 1.165) is 5.56 Å². The van der Waals surface area contributed by atoms with Crippen molar-refractivity contribution in [1.29, 1.82) is 0 Å². The second-order valence-electron chi connectivity index (χ2n) is 5.51. The highest BCUT2D eigenvalue weighted by Crippen LogP contribution is 2.27. The van der Waals surface area contributed by atoms with E-state index in [1.54, 1.807) is 14.0 Å². The number of ether oxygens (including phenoxy) is 3. The van der Waals surface area contributed by atoms with Crippen molar-refractivity contribution >= 4 is 5.91 Å². The number of rotatable bonds is 9. The first-order valence-electron chi connectivity index (χ1n) is 7.66. The van der Waals surface area contributed by atoms with Crippen LogP contribution in [0.15, 0.2) is 18.2 Å². The number of amides is 1. The summed E-state index contributed by atoms with van der Waals surface area (Å²) >= 11 is 0. The second kappa shape index (κ2) is 9.30. The fourth-order valence-electron chi connectivity index (χ4n) is 1.84. The summed E-state index contributed by atoms with van der Waals surface area (Å²) in [7, 11) is 1.60. The van der Waals surface area contributed by atoms with Crippen LogP contribution < -0.4 is 14.8 Å². The molecule has 1 atom stereocenters. The lowest BCUT2D eigenvalue weighted by atomic mass is 10.2. The average Bonchev–Trinajstić information content (AvgIpc) is 2.51. The minimum absolute atomic E-state index is 0.117. The molecular weight excluding hydrogens is 282 g/mol. The van der Waals surface area contributed by atoms with Gasteiger partial charge in [-0.3, -0.25) is 4.79 Å². The predicted octanol–water partition coefficient (Wildman–Crippen LogP) is 2.77. The summed E-state index contributed by atoms with van der Waals surface area (Å²) in [5.74, 6) is 1.66. The third-order valence-corrected chi connectivity index (χ3v) is 3.04. The lowest BCUT2D eigenvalue weighted by molar-refractivity contribution is -0.132. The van der Waals surface area contributed by atoms with Gasteiger partial charge < -0.3 is 19.5 Å². The van der Waals surface area contributed by atoms with Crippen molar-refractivity contribution in [2.75, 3.05) is 20.3 Å². The topological polar surface area (TPSA) is 56.8 Å². The van der Waals surface area contributed by atoms with Gasteiger partial charge in [-0.05, 0) is 37.5 Å². The summed E-state index contributed by atoms with van der Waals surface area (Å²) in [6.45, 7) is 9.37. The molecule has 0 unspecified atom stereocenters. The van der Waals surface area contributed by atoms with E-state index in [-0.39, 0.29) is 5.91 Å². The summed E-state index contributed by atoms with van der Waals surface area (Å²) in [5, 5.41) is 2.86. The van der Waals surface area contributed by atoms with Gasteiger partial charge in [0.25, 0.3) is 0 Å². The summed E-state index contributed by atoms with van der Waals surface area (Å²) < 4.78 is 16.3. The first-order valence-corrected chi connectivity index (χ1v) is 7.66. The van der Waals surface area contributed by atoms with Crippen LogP contribution in [0.2, 0.25) is 0 Å². The van der Waals surface area contributed by atoms with Crippen LogP contribution in [-0.4, -0.2) is 32.3 Å². The smallest absolute Gasteiger partial charge is 0.249 e. The lowest BCUT2D eigenvalue weighted by Crippen LogP contribution is -2.34. The maximum absolute atomic E-state index is 12.0. The highest BCUT2D eigenvalue weighted by atomic mass is 16.5. The van der Waals surface area contributed by atoms with Crippen LogP contribution in [0.25, 0.3) is 0 Å². The summed E-state index contributed by atoms with van der Waals surface area (Å²) in [6.07, 6.45) is -0.452. The Morgan fingerprint density at radius 1 is 1.23 bits per heavy atom. The second-order valence-corrected chi connectivity index (χ2v) is 5.51. The van der Waals surface area contributed by atoms with Crippen molar-refractivity contribution in [3.63, 3.8) is 0 Å². The maximum Gasteiger partial charge on any atom is 0.249 e. The molecule has 124 valence electrons. The zero-order valence-corrected chi connectivity index (χ0v) is 14.1. The van der Waals surface area contributed by atoms with Gasteiger partial charge in [0.15, 0.2) is 11.5 Å². The van der Waals surface area contributed by atoms with Gasteiger partial charge in [0.2, 0.25) is 5.91 Å². The summed E-state index contributed by atoms with van der Waals surface area (Å²) in [4.78, 5) is 12.0. The third kappa shape index (κ3) is 5.93. The molecule has 1 rings (SSSR count). The van der Waals surface area contributed by atoms with Gasteiger partial charge in [-0.25, -0.2) is 0 Å². The van der Waals surface area contributed by atoms with Crippen molar-refractivity contribution in [2.45, 2.75) is 40.3 Å². The van der Waals surface area contributed by atoms with Crippen LogP contribution in [0.1, 0.15) is 33.3 Å². The van der Waals surface area contributed by atoms with Crippen LogP contribution >= 0.6 is 0 Å². The quantitative estimate of drug-likeness (QED) is 0.762. The normalized spacial score (nSPS) is 12.1. The van der Waals surface area contributed by atoms with Crippen molar-refractivity contribution in [3.8, 4) is 11.5 Å². The van der Waals surface area contributed by atoms with Crippen LogP contribution in [0.4, 0.5) is 0 Å². The molecule has 1 N–H and O–H groups in total. The molecular formula is C17H27NO4. The first kappa shape index (κ1) is 18.3. The highest BCUT2D eigenvalue weighted by Gasteiger charge is 2.14. The van der Waals surface area contributed by atoms with Gasteiger partial charge in [-0.1, -0.05) is 19.9 Å². The number of methoxy groups -OCH3 is 1. The Morgan fingerprint density at radius 2 is 1.95 bits per heavy atom. The molecule has 0 radical (unpaired) electrons. The van der Waals surface area contributed by atoms with E-state index in [9.17, 15) is 4.79 Å².